The fourth-order valence-corrected chi connectivity index (χ4v) is 3.44. The standard InChI is InChI=1S/C24H25N3O6/c1-29-21-10-16(11-22(30-2)24(21)31-3)8-9-23(28)26-17-12-25-27(13-17)14-18-15-32-19-6-4-5-7-20(19)33-18/h4-13,18H,14-15H2,1-3H3,(H,26,28)/b9-8+. The average Bonchev–Trinajstić information content (AvgIpc) is 3.28. The molecule has 3 aromatic rings. The molecule has 0 radical (unpaired) electrons. The largest absolute Gasteiger partial charge is 0.493 e. The van der Waals surface area contributed by atoms with Crippen LogP contribution in [-0.2, 0) is 11.3 Å². The molecular formula is C24H25N3O6. The van der Waals surface area contributed by atoms with E-state index < -0.39 is 0 Å². The van der Waals surface area contributed by atoms with Gasteiger partial charge in [0, 0.05) is 12.3 Å². The van der Waals surface area contributed by atoms with Gasteiger partial charge < -0.3 is 29.0 Å². The summed E-state index contributed by atoms with van der Waals surface area (Å²) in [5.41, 5.74) is 1.30. The molecule has 172 valence electrons. The van der Waals surface area contributed by atoms with Crippen molar-refractivity contribution < 1.29 is 28.5 Å². The monoisotopic (exact) mass is 451 g/mol. The highest BCUT2D eigenvalue weighted by molar-refractivity contribution is 6.01. The predicted molar refractivity (Wildman–Crippen MR) is 122 cm³/mol. The van der Waals surface area contributed by atoms with Crippen molar-refractivity contribution in [1.82, 2.24) is 9.78 Å². The smallest absolute Gasteiger partial charge is 0.248 e. The summed E-state index contributed by atoms with van der Waals surface area (Å²) in [6.07, 6.45) is 6.24. The van der Waals surface area contributed by atoms with E-state index >= 15 is 0 Å². The molecule has 1 atom stereocenters. The summed E-state index contributed by atoms with van der Waals surface area (Å²) < 4.78 is 29.4. The van der Waals surface area contributed by atoms with E-state index in [4.69, 9.17) is 23.7 Å². The van der Waals surface area contributed by atoms with E-state index in [2.05, 4.69) is 10.4 Å². The molecule has 0 spiro atoms. The van der Waals surface area contributed by atoms with Crippen LogP contribution in [0, 0.1) is 0 Å². The van der Waals surface area contributed by atoms with Gasteiger partial charge in [-0.2, -0.15) is 5.10 Å². The number of para-hydroxylation sites is 2. The zero-order valence-electron chi connectivity index (χ0n) is 18.6. The molecule has 0 saturated heterocycles. The molecule has 0 fully saturated rings. The minimum Gasteiger partial charge on any atom is -0.493 e. The van der Waals surface area contributed by atoms with Crippen molar-refractivity contribution in [2.45, 2.75) is 12.6 Å². The Morgan fingerprint density at radius 2 is 1.88 bits per heavy atom. The summed E-state index contributed by atoms with van der Waals surface area (Å²) in [5.74, 6) is 2.66. The molecule has 2 heterocycles. The molecule has 1 aliphatic heterocycles. The third kappa shape index (κ3) is 5.20. The number of carbonyl (C=O) groups excluding carboxylic acids is 1. The number of hydrogen-bond acceptors (Lipinski definition) is 7. The van der Waals surface area contributed by atoms with Crippen LogP contribution in [0.4, 0.5) is 5.69 Å². The Hall–Kier alpha value is -4.14. The van der Waals surface area contributed by atoms with Gasteiger partial charge >= 0.3 is 0 Å². The van der Waals surface area contributed by atoms with Crippen molar-refractivity contribution in [3.8, 4) is 28.7 Å². The van der Waals surface area contributed by atoms with Crippen LogP contribution in [0.5, 0.6) is 28.7 Å². The van der Waals surface area contributed by atoms with Gasteiger partial charge in [0.15, 0.2) is 29.1 Å². The second-order valence-corrected chi connectivity index (χ2v) is 7.23. The number of amides is 1. The van der Waals surface area contributed by atoms with Gasteiger partial charge in [-0.05, 0) is 35.9 Å². The lowest BCUT2D eigenvalue weighted by molar-refractivity contribution is -0.111. The Kier molecular flexibility index (Phi) is 6.68. The van der Waals surface area contributed by atoms with Gasteiger partial charge in [0.2, 0.25) is 11.7 Å². The summed E-state index contributed by atoms with van der Waals surface area (Å²) >= 11 is 0. The number of ether oxygens (including phenoxy) is 5. The van der Waals surface area contributed by atoms with Crippen molar-refractivity contribution in [1.29, 1.82) is 0 Å². The number of fused-ring (bicyclic) bond motifs is 1. The third-order valence-corrected chi connectivity index (χ3v) is 4.97. The van der Waals surface area contributed by atoms with Gasteiger partial charge in [-0.15, -0.1) is 0 Å². The molecule has 0 bridgehead atoms. The first-order chi connectivity index (χ1) is 16.1. The Bertz CT molecular complexity index is 1130. The molecule has 1 unspecified atom stereocenters. The van der Waals surface area contributed by atoms with Crippen molar-refractivity contribution in [3.63, 3.8) is 0 Å². The predicted octanol–water partition coefficient (Wildman–Crippen LogP) is 3.40. The number of nitrogens with zero attached hydrogens (tertiary/aromatic N) is 2. The summed E-state index contributed by atoms with van der Waals surface area (Å²) in [5, 5.41) is 7.09. The van der Waals surface area contributed by atoms with E-state index in [1.54, 1.807) is 49.5 Å². The van der Waals surface area contributed by atoms with Crippen LogP contribution in [-0.4, -0.2) is 49.7 Å². The summed E-state index contributed by atoms with van der Waals surface area (Å²) in [6, 6.07) is 11.1. The molecule has 9 heteroatoms. The SMILES string of the molecule is COc1cc(/C=C/C(=O)Nc2cnn(CC3COc4ccccc4O3)c2)cc(OC)c1OC. The Morgan fingerprint density at radius 3 is 2.58 bits per heavy atom. The summed E-state index contributed by atoms with van der Waals surface area (Å²) in [7, 11) is 4.62. The van der Waals surface area contributed by atoms with Crippen LogP contribution >= 0.6 is 0 Å². The highest BCUT2D eigenvalue weighted by atomic mass is 16.6. The summed E-state index contributed by atoms with van der Waals surface area (Å²) in [6.45, 7) is 0.918. The van der Waals surface area contributed by atoms with Crippen molar-refractivity contribution >= 4 is 17.7 Å². The number of aromatic nitrogens is 2. The molecule has 2 aromatic carbocycles. The first-order valence-electron chi connectivity index (χ1n) is 10.3. The minimum atomic E-state index is -0.297. The van der Waals surface area contributed by atoms with E-state index in [0.717, 1.165) is 11.3 Å². The lowest BCUT2D eigenvalue weighted by Crippen LogP contribution is -2.33. The van der Waals surface area contributed by atoms with Crippen LogP contribution in [0.2, 0.25) is 0 Å². The van der Waals surface area contributed by atoms with Crippen molar-refractivity contribution in [3.05, 3.63) is 60.4 Å². The van der Waals surface area contributed by atoms with Crippen molar-refractivity contribution in [2.24, 2.45) is 0 Å². The van der Waals surface area contributed by atoms with Crippen LogP contribution in [0.25, 0.3) is 6.08 Å². The number of carbonyl (C=O) groups is 1. The second kappa shape index (κ2) is 9.99. The normalized spacial score (nSPS) is 14.7. The number of nitrogens with one attached hydrogen (secondary N) is 1. The molecule has 1 aliphatic rings. The van der Waals surface area contributed by atoms with E-state index in [0.29, 0.717) is 41.8 Å². The minimum absolute atomic E-state index is 0.178. The van der Waals surface area contributed by atoms with Crippen LogP contribution in [0.3, 0.4) is 0 Å². The number of benzene rings is 2. The molecule has 0 saturated carbocycles. The molecule has 0 aliphatic carbocycles. The van der Waals surface area contributed by atoms with E-state index in [1.165, 1.54) is 13.2 Å². The van der Waals surface area contributed by atoms with E-state index in [1.807, 2.05) is 24.3 Å². The van der Waals surface area contributed by atoms with Gasteiger partial charge in [-0.1, -0.05) is 12.1 Å². The lowest BCUT2D eigenvalue weighted by Gasteiger charge is -2.26. The number of anilines is 1. The van der Waals surface area contributed by atoms with Crippen LogP contribution in [0.15, 0.2) is 54.9 Å². The zero-order chi connectivity index (χ0) is 23.2. The molecule has 9 nitrogen and oxygen atoms in total. The first kappa shape index (κ1) is 22.1. The fourth-order valence-electron chi connectivity index (χ4n) is 3.44. The van der Waals surface area contributed by atoms with Crippen LogP contribution in [0.1, 0.15) is 5.56 Å². The van der Waals surface area contributed by atoms with Gasteiger partial charge in [-0.25, -0.2) is 0 Å². The highest BCUT2D eigenvalue weighted by Crippen LogP contribution is 2.38. The van der Waals surface area contributed by atoms with Gasteiger partial charge in [0.05, 0.1) is 39.8 Å². The third-order valence-electron chi connectivity index (χ3n) is 4.97. The maximum atomic E-state index is 12.4. The molecule has 4 rings (SSSR count). The number of rotatable bonds is 8. The number of hydrogen-bond donors (Lipinski definition) is 1. The zero-order valence-corrected chi connectivity index (χ0v) is 18.6. The lowest BCUT2D eigenvalue weighted by atomic mass is 10.1. The van der Waals surface area contributed by atoms with Gasteiger partial charge in [0.25, 0.3) is 0 Å². The maximum absolute atomic E-state index is 12.4. The molecule has 33 heavy (non-hydrogen) atoms. The second-order valence-electron chi connectivity index (χ2n) is 7.23. The Balaban J connectivity index is 1.36. The molecule has 1 aromatic heterocycles. The molecule has 1 amide bonds. The van der Waals surface area contributed by atoms with E-state index in [-0.39, 0.29) is 12.0 Å². The first-order valence-corrected chi connectivity index (χ1v) is 10.3. The summed E-state index contributed by atoms with van der Waals surface area (Å²) in [4.78, 5) is 12.4. The Morgan fingerprint density at radius 1 is 1.15 bits per heavy atom. The van der Waals surface area contributed by atoms with Gasteiger partial charge in [-0.3, -0.25) is 9.48 Å². The molecule has 1 N–H and O–H groups in total. The maximum Gasteiger partial charge on any atom is 0.248 e. The Labute approximate surface area is 191 Å². The van der Waals surface area contributed by atoms with Gasteiger partial charge in [0.1, 0.15) is 6.61 Å². The highest BCUT2D eigenvalue weighted by Gasteiger charge is 2.21. The quantitative estimate of drug-likeness (QED) is 0.525. The number of methoxy groups -OCH3 is 3. The van der Waals surface area contributed by atoms with Crippen LogP contribution < -0.4 is 29.0 Å². The van der Waals surface area contributed by atoms with E-state index in [9.17, 15) is 4.79 Å². The topological polar surface area (TPSA) is 93.1 Å². The average molecular weight is 451 g/mol. The van der Waals surface area contributed by atoms with Crippen molar-refractivity contribution in [2.75, 3.05) is 33.3 Å². The fraction of sp³-hybridized carbons (Fsp3) is 0.250. The molecular weight excluding hydrogens is 426 g/mol.